The van der Waals surface area contributed by atoms with Crippen molar-refractivity contribution in [2.75, 3.05) is 13.7 Å². The fourth-order valence-corrected chi connectivity index (χ4v) is 2.51. The highest BCUT2D eigenvalue weighted by atomic mass is 16.5. The molecule has 1 aliphatic rings. The number of Topliss-reactive ketones (excluding diaryl/α,β-unsaturated/α-hetero) is 1. The maximum Gasteiger partial charge on any atom is 0.305 e. The standard InChI is InChI=1S/C17H27NO4/c1-3-4-5-6-12-18-13-8-7-9-14(19)17(13)15(20)10-11-16(21)22-2/h20H,3-12H2,1-2H3/b17-15+,18-13?. The summed E-state index contributed by atoms with van der Waals surface area (Å²) < 4.78 is 4.56. The first kappa shape index (κ1) is 18.4. The van der Waals surface area contributed by atoms with E-state index in [4.69, 9.17) is 0 Å². The van der Waals surface area contributed by atoms with Gasteiger partial charge in [0.15, 0.2) is 5.78 Å². The fraction of sp³-hybridized carbons (Fsp3) is 0.706. The summed E-state index contributed by atoms with van der Waals surface area (Å²) >= 11 is 0. The zero-order valence-corrected chi connectivity index (χ0v) is 13.7. The first-order chi connectivity index (χ1) is 10.6. The lowest BCUT2D eigenvalue weighted by atomic mass is 9.89. The lowest BCUT2D eigenvalue weighted by Gasteiger charge is -2.17. The topological polar surface area (TPSA) is 76.0 Å². The Hall–Kier alpha value is -1.65. The average Bonchev–Trinajstić information content (AvgIpc) is 2.52. The van der Waals surface area contributed by atoms with E-state index in [0.717, 1.165) is 25.7 Å². The molecule has 1 N–H and O–H groups in total. The van der Waals surface area contributed by atoms with E-state index in [2.05, 4.69) is 16.7 Å². The number of aliphatic imine (C=N–C) groups is 1. The summed E-state index contributed by atoms with van der Waals surface area (Å²) in [6.07, 6.45) is 6.64. The van der Waals surface area contributed by atoms with Gasteiger partial charge in [-0.15, -0.1) is 0 Å². The van der Waals surface area contributed by atoms with Crippen molar-refractivity contribution in [3.63, 3.8) is 0 Å². The number of nitrogens with zero attached hydrogens (tertiary/aromatic N) is 1. The largest absolute Gasteiger partial charge is 0.511 e. The lowest BCUT2D eigenvalue weighted by molar-refractivity contribution is -0.140. The molecule has 124 valence electrons. The predicted molar refractivity (Wildman–Crippen MR) is 86.2 cm³/mol. The Kier molecular flexibility index (Phi) is 8.48. The second-order valence-corrected chi connectivity index (χ2v) is 5.56. The molecule has 0 heterocycles. The monoisotopic (exact) mass is 309 g/mol. The summed E-state index contributed by atoms with van der Waals surface area (Å²) in [4.78, 5) is 27.8. The molecule has 0 spiro atoms. The van der Waals surface area contributed by atoms with E-state index in [1.165, 1.54) is 20.0 Å². The Morgan fingerprint density at radius 3 is 2.68 bits per heavy atom. The molecule has 0 atom stereocenters. The molecule has 0 saturated heterocycles. The van der Waals surface area contributed by atoms with Crippen LogP contribution in [0.15, 0.2) is 16.3 Å². The number of allylic oxidation sites excluding steroid dienone is 2. The molecule has 0 aromatic rings. The van der Waals surface area contributed by atoms with Crippen molar-refractivity contribution in [2.45, 2.75) is 64.7 Å². The van der Waals surface area contributed by atoms with Crippen LogP contribution in [0.25, 0.3) is 0 Å². The Balaban J connectivity index is 2.73. The number of ketones is 1. The molecule has 1 rings (SSSR count). The molecule has 0 aromatic carbocycles. The lowest BCUT2D eigenvalue weighted by Crippen LogP contribution is -2.22. The highest BCUT2D eigenvalue weighted by molar-refractivity contribution is 6.24. The molecule has 0 aromatic heterocycles. The smallest absolute Gasteiger partial charge is 0.305 e. The zero-order chi connectivity index (χ0) is 16.4. The summed E-state index contributed by atoms with van der Waals surface area (Å²) in [6, 6.07) is 0. The molecule has 1 saturated carbocycles. The number of aliphatic hydroxyl groups is 1. The van der Waals surface area contributed by atoms with E-state index in [1.807, 2.05) is 0 Å². The summed E-state index contributed by atoms with van der Waals surface area (Å²) in [5.41, 5.74) is 1.04. The number of hydrogen-bond donors (Lipinski definition) is 1. The van der Waals surface area contributed by atoms with Gasteiger partial charge in [0.1, 0.15) is 5.76 Å². The van der Waals surface area contributed by atoms with Crippen LogP contribution in [0.5, 0.6) is 0 Å². The number of methoxy groups -OCH3 is 1. The normalized spacial score (nSPS) is 19.4. The predicted octanol–water partition coefficient (Wildman–Crippen LogP) is 3.53. The van der Waals surface area contributed by atoms with Crippen molar-refractivity contribution in [3.8, 4) is 0 Å². The van der Waals surface area contributed by atoms with Crippen LogP contribution in [-0.2, 0) is 14.3 Å². The number of carbonyl (C=O) groups excluding carboxylic acids is 2. The first-order valence-corrected chi connectivity index (χ1v) is 8.16. The van der Waals surface area contributed by atoms with Crippen LogP contribution in [0.3, 0.4) is 0 Å². The Bertz CT molecular complexity index is 452. The third-order valence-electron chi connectivity index (χ3n) is 3.78. The van der Waals surface area contributed by atoms with Gasteiger partial charge in [-0.1, -0.05) is 26.2 Å². The molecule has 22 heavy (non-hydrogen) atoms. The van der Waals surface area contributed by atoms with E-state index in [-0.39, 0.29) is 24.4 Å². The highest BCUT2D eigenvalue weighted by Gasteiger charge is 2.25. The van der Waals surface area contributed by atoms with Crippen LogP contribution in [0.4, 0.5) is 0 Å². The quantitative estimate of drug-likeness (QED) is 0.322. The maximum atomic E-state index is 12.1. The van der Waals surface area contributed by atoms with Crippen molar-refractivity contribution in [1.82, 2.24) is 0 Å². The zero-order valence-electron chi connectivity index (χ0n) is 13.7. The van der Waals surface area contributed by atoms with Crippen molar-refractivity contribution in [2.24, 2.45) is 4.99 Å². The minimum absolute atomic E-state index is 0.0255. The maximum absolute atomic E-state index is 12.1. The van der Waals surface area contributed by atoms with Crippen molar-refractivity contribution >= 4 is 17.5 Å². The Morgan fingerprint density at radius 1 is 1.23 bits per heavy atom. The first-order valence-electron chi connectivity index (χ1n) is 8.16. The minimum atomic E-state index is -0.395. The Labute approximate surface area is 132 Å². The van der Waals surface area contributed by atoms with Crippen LogP contribution >= 0.6 is 0 Å². The van der Waals surface area contributed by atoms with E-state index in [0.29, 0.717) is 24.3 Å². The molecule has 1 fully saturated rings. The molecule has 0 unspecified atom stereocenters. The third kappa shape index (κ3) is 6.00. The molecular formula is C17H27NO4. The number of ether oxygens (including phenoxy) is 1. The van der Waals surface area contributed by atoms with Gasteiger partial charge in [-0.05, 0) is 19.3 Å². The summed E-state index contributed by atoms with van der Waals surface area (Å²) in [6.45, 7) is 2.85. The minimum Gasteiger partial charge on any atom is -0.511 e. The van der Waals surface area contributed by atoms with E-state index >= 15 is 0 Å². The molecule has 1 aliphatic carbocycles. The van der Waals surface area contributed by atoms with Crippen LogP contribution < -0.4 is 0 Å². The van der Waals surface area contributed by atoms with E-state index < -0.39 is 5.97 Å². The summed E-state index contributed by atoms with van der Waals surface area (Å²) in [7, 11) is 1.31. The van der Waals surface area contributed by atoms with Crippen molar-refractivity contribution in [3.05, 3.63) is 11.3 Å². The second kappa shape index (κ2) is 10.1. The molecule has 0 bridgehead atoms. The molecule has 0 aliphatic heterocycles. The average molecular weight is 309 g/mol. The third-order valence-corrected chi connectivity index (χ3v) is 3.78. The highest BCUT2D eigenvalue weighted by Crippen LogP contribution is 2.23. The van der Waals surface area contributed by atoms with Gasteiger partial charge in [0.25, 0.3) is 0 Å². The van der Waals surface area contributed by atoms with Crippen molar-refractivity contribution in [1.29, 1.82) is 0 Å². The van der Waals surface area contributed by atoms with Crippen LogP contribution in [0.2, 0.25) is 0 Å². The summed E-state index contributed by atoms with van der Waals surface area (Å²) in [5.74, 6) is -0.489. The molecule has 0 amide bonds. The molecule has 0 radical (unpaired) electrons. The number of rotatable bonds is 8. The molecule has 5 heteroatoms. The van der Waals surface area contributed by atoms with Gasteiger partial charge in [-0.2, -0.15) is 0 Å². The SMILES string of the molecule is CCCCCCN=C1CCCC(=O)/C1=C(/O)CCC(=O)OC. The number of hydrogen-bond acceptors (Lipinski definition) is 5. The van der Waals surface area contributed by atoms with E-state index in [9.17, 15) is 14.7 Å². The summed E-state index contributed by atoms with van der Waals surface area (Å²) in [5, 5.41) is 10.2. The van der Waals surface area contributed by atoms with Gasteiger partial charge in [0, 0.05) is 25.1 Å². The second-order valence-electron chi connectivity index (χ2n) is 5.56. The van der Waals surface area contributed by atoms with E-state index in [1.54, 1.807) is 0 Å². The van der Waals surface area contributed by atoms with Gasteiger partial charge in [0.2, 0.25) is 0 Å². The fourth-order valence-electron chi connectivity index (χ4n) is 2.51. The van der Waals surface area contributed by atoms with Gasteiger partial charge in [0.05, 0.1) is 19.1 Å². The van der Waals surface area contributed by atoms with Gasteiger partial charge in [-0.25, -0.2) is 0 Å². The van der Waals surface area contributed by atoms with Crippen LogP contribution in [0, 0.1) is 0 Å². The number of unbranched alkanes of at least 4 members (excludes halogenated alkanes) is 3. The number of esters is 1. The molecular weight excluding hydrogens is 282 g/mol. The number of carbonyl (C=O) groups is 2. The number of aliphatic hydroxyl groups excluding tert-OH is 1. The molecule has 5 nitrogen and oxygen atoms in total. The van der Waals surface area contributed by atoms with Crippen LogP contribution in [-0.4, -0.2) is 36.2 Å². The van der Waals surface area contributed by atoms with Gasteiger partial charge >= 0.3 is 5.97 Å². The van der Waals surface area contributed by atoms with Gasteiger partial charge in [-0.3, -0.25) is 14.6 Å². The van der Waals surface area contributed by atoms with Crippen LogP contribution in [0.1, 0.15) is 64.7 Å². The Morgan fingerprint density at radius 2 is 2.00 bits per heavy atom. The van der Waals surface area contributed by atoms with Crippen molar-refractivity contribution < 1.29 is 19.4 Å². The van der Waals surface area contributed by atoms with Gasteiger partial charge < -0.3 is 9.84 Å².